The van der Waals surface area contributed by atoms with Crippen LogP contribution < -0.4 is 15.4 Å². The fourth-order valence-electron chi connectivity index (χ4n) is 5.63. The molecular formula is C33H28F2N4O4. The molecule has 0 radical (unpaired) electrons. The highest BCUT2D eigenvalue weighted by Crippen LogP contribution is 2.41. The van der Waals surface area contributed by atoms with Crippen LogP contribution in [0.15, 0.2) is 71.4 Å². The normalized spacial score (nSPS) is 13.9. The third kappa shape index (κ3) is 4.83. The van der Waals surface area contributed by atoms with Crippen LogP contribution >= 0.6 is 0 Å². The van der Waals surface area contributed by atoms with Crippen molar-refractivity contribution >= 4 is 22.7 Å². The molecule has 0 atom stereocenters. The number of carbonyl (C=O) groups excluding carboxylic acids is 2. The van der Waals surface area contributed by atoms with Crippen molar-refractivity contribution < 1.29 is 27.5 Å². The van der Waals surface area contributed by atoms with Gasteiger partial charge >= 0.3 is 0 Å². The molecule has 3 heterocycles. The summed E-state index contributed by atoms with van der Waals surface area (Å²) < 4.78 is 41.7. The molecular weight excluding hydrogens is 554 g/mol. The Bertz CT molecular complexity index is 1870. The number of aromatic nitrogens is 2. The topological polar surface area (TPSA) is 106 Å². The number of aryl methyl sites for hydroxylation is 1. The molecule has 2 N–H and O–H groups in total. The van der Waals surface area contributed by atoms with Crippen LogP contribution in [-0.4, -0.2) is 48.9 Å². The number of ketones is 1. The van der Waals surface area contributed by atoms with Gasteiger partial charge in [0.15, 0.2) is 5.78 Å². The fourth-order valence-corrected chi connectivity index (χ4v) is 5.63. The number of fused-ring (bicyclic) bond motifs is 1. The number of rotatable bonds is 8. The van der Waals surface area contributed by atoms with Crippen LogP contribution in [0.5, 0.6) is 5.75 Å². The first-order valence-corrected chi connectivity index (χ1v) is 13.7. The minimum absolute atomic E-state index is 0.00629. The second-order valence-corrected chi connectivity index (χ2v) is 10.6. The van der Waals surface area contributed by atoms with Crippen LogP contribution in [0.2, 0.25) is 0 Å². The van der Waals surface area contributed by atoms with Crippen molar-refractivity contribution in [3.8, 4) is 28.2 Å². The Balaban J connectivity index is 1.47. The Morgan fingerprint density at radius 3 is 2.40 bits per heavy atom. The van der Waals surface area contributed by atoms with E-state index in [0.717, 1.165) is 0 Å². The smallest absolute Gasteiger partial charge is 0.255 e. The summed E-state index contributed by atoms with van der Waals surface area (Å²) in [6.07, 6.45) is 3.44. The van der Waals surface area contributed by atoms with E-state index >= 15 is 4.39 Å². The van der Waals surface area contributed by atoms with Gasteiger partial charge < -0.3 is 19.8 Å². The number of nitrogens with zero attached hydrogens (tertiary/aromatic N) is 2. The molecule has 6 rings (SSSR count). The predicted molar refractivity (Wildman–Crippen MR) is 157 cm³/mol. The summed E-state index contributed by atoms with van der Waals surface area (Å²) in [4.78, 5) is 35.6. The molecule has 8 nitrogen and oxygen atoms in total. The molecule has 5 aromatic rings. The van der Waals surface area contributed by atoms with Crippen LogP contribution in [0.25, 0.3) is 33.4 Å². The van der Waals surface area contributed by atoms with Gasteiger partial charge in [0, 0.05) is 50.1 Å². The number of benzene rings is 3. The summed E-state index contributed by atoms with van der Waals surface area (Å²) >= 11 is 0. The summed E-state index contributed by atoms with van der Waals surface area (Å²) in [5.74, 6) is -0.806. The van der Waals surface area contributed by atoms with E-state index in [0.29, 0.717) is 46.9 Å². The predicted octanol–water partition coefficient (Wildman–Crippen LogP) is 5.63. The second-order valence-electron chi connectivity index (χ2n) is 10.6. The SMILES string of the molecule is CNC(=O)c1c(-c2ccc(F)cc2)oc2ccc(-c3cc(C(=O)CC4(c5ncccn5)CNC4)c(OC)cc3C)c(F)c12. The third-order valence-corrected chi connectivity index (χ3v) is 7.96. The first kappa shape index (κ1) is 28.2. The number of amides is 1. The summed E-state index contributed by atoms with van der Waals surface area (Å²) in [7, 11) is 2.92. The molecule has 218 valence electrons. The first-order chi connectivity index (χ1) is 20.8. The van der Waals surface area contributed by atoms with E-state index in [9.17, 15) is 14.0 Å². The zero-order chi connectivity index (χ0) is 30.3. The molecule has 0 unspecified atom stereocenters. The van der Waals surface area contributed by atoms with E-state index in [1.54, 1.807) is 49.6 Å². The molecule has 0 aliphatic carbocycles. The van der Waals surface area contributed by atoms with Crippen molar-refractivity contribution in [1.82, 2.24) is 20.6 Å². The van der Waals surface area contributed by atoms with E-state index in [2.05, 4.69) is 20.6 Å². The average molecular weight is 583 g/mol. The van der Waals surface area contributed by atoms with Crippen LogP contribution in [-0.2, 0) is 5.41 Å². The number of Topliss-reactive ketones (excluding diaryl/α,β-unsaturated/α-hetero) is 1. The third-order valence-electron chi connectivity index (χ3n) is 7.96. The van der Waals surface area contributed by atoms with E-state index in [1.165, 1.54) is 38.4 Å². The van der Waals surface area contributed by atoms with Crippen molar-refractivity contribution in [2.75, 3.05) is 27.2 Å². The number of hydrogen-bond acceptors (Lipinski definition) is 7. The Labute approximate surface area is 246 Å². The van der Waals surface area contributed by atoms with Crippen molar-refractivity contribution in [1.29, 1.82) is 0 Å². The zero-order valence-electron chi connectivity index (χ0n) is 23.8. The molecule has 10 heteroatoms. The minimum Gasteiger partial charge on any atom is -0.496 e. The summed E-state index contributed by atoms with van der Waals surface area (Å²) in [6.45, 7) is 2.90. The van der Waals surface area contributed by atoms with Gasteiger partial charge in [0.2, 0.25) is 0 Å². The molecule has 0 spiro atoms. The Hall–Kier alpha value is -4.96. The van der Waals surface area contributed by atoms with Gasteiger partial charge in [-0.2, -0.15) is 0 Å². The van der Waals surface area contributed by atoms with E-state index < -0.39 is 23.0 Å². The molecule has 0 bridgehead atoms. The lowest BCUT2D eigenvalue weighted by molar-refractivity contribution is 0.0911. The number of nitrogens with one attached hydrogen (secondary N) is 2. The number of methoxy groups -OCH3 is 1. The highest BCUT2D eigenvalue weighted by Gasteiger charge is 2.43. The molecule has 1 aliphatic rings. The van der Waals surface area contributed by atoms with Gasteiger partial charge in [-0.3, -0.25) is 9.59 Å². The summed E-state index contributed by atoms with van der Waals surface area (Å²) in [5.41, 5.74) is 1.63. The maximum atomic E-state index is 16.5. The van der Waals surface area contributed by atoms with Crippen LogP contribution in [0, 0.1) is 18.6 Å². The number of hydrogen-bond donors (Lipinski definition) is 2. The Kier molecular flexibility index (Phi) is 7.23. The second kappa shape index (κ2) is 11.0. The quantitative estimate of drug-likeness (QED) is 0.229. The molecule has 2 aromatic heterocycles. The monoisotopic (exact) mass is 582 g/mol. The van der Waals surface area contributed by atoms with Gasteiger partial charge in [-0.05, 0) is 72.6 Å². The van der Waals surface area contributed by atoms with Crippen molar-refractivity contribution in [2.45, 2.75) is 18.8 Å². The van der Waals surface area contributed by atoms with E-state index in [1.807, 2.05) is 0 Å². The molecule has 43 heavy (non-hydrogen) atoms. The molecule has 0 saturated carbocycles. The highest BCUT2D eigenvalue weighted by molar-refractivity contribution is 6.12. The molecule has 1 saturated heterocycles. The number of furan rings is 1. The van der Waals surface area contributed by atoms with Crippen LogP contribution in [0.1, 0.15) is 38.5 Å². The molecule has 1 aliphatic heterocycles. The maximum absolute atomic E-state index is 16.5. The molecule has 1 amide bonds. The largest absolute Gasteiger partial charge is 0.496 e. The van der Waals surface area contributed by atoms with Gasteiger partial charge in [0.25, 0.3) is 5.91 Å². The lowest BCUT2D eigenvalue weighted by atomic mass is 9.75. The standard InChI is InChI=1S/C33H28F2N4O4/c1-18-13-26(42-3)23(24(40)15-33(16-37-17-33)32-38-11-4-12-39-32)14-22(18)21-9-10-25-27(29(21)35)28(31(41)36-2)30(43-25)19-5-7-20(34)8-6-19/h4-14,37H,15-17H2,1-3H3,(H,36,41). The van der Waals surface area contributed by atoms with Crippen molar-refractivity contribution in [3.05, 3.63) is 101 Å². The fraction of sp³-hybridized carbons (Fsp3) is 0.212. The Morgan fingerprint density at radius 2 is 1.77 bits per heavy atom. The number of ether oxygens (including phenoxy) is 1. The lowest BCUT2D eigenvalue weighted by Gasteiger charge is -2.40. The van der Waals surface area contributed by atoms with Crippen molar-refractivity contribution in [3.63, 3.8) is 0 Å². The summed E-state index contributed by atoms with van der Waals surface area (Å²) in [5, 5.41) is 5.75. The van der Waals surface area contributed by atoms with E-state index in [-0.39, 0.29) is 40.1 Å². The van der Waals surface area contributed by atoms with Crippen LogP contribution in [0.3, 0.4) is 0 Å². The minimum atomic E-state index is -0.683. The summed E-state index contributed by atoms with van der Waals surface area (Å²) in [6, 6.07) is 13.6. The first-order valence-electron chi connectivity index (χ1n) is 13.7. The van der Waals surface area contributed by atoms with Gasteiger partial charge in [0.1, 0.15) is 34.6 Å². The Morgan fingerprint density at radius 1 is 1.05 bits per heavy atom. The van der Waals surface area contributed by atoms with Gasteiger partial charge in [0.05, 0.1) is 29.0 Å². The maximum Gasteiger partial charge on any atom is 0.255 e. The van der Waals surface area contributed by atoms with Gasteiger partial charge in [-0.25, -0.2) is 18.7 Å². The zero-order valence-corrected chi connectivity index (χ0v) is 23.8. The molecule has 3 aromatic carbocycles. The number of carbonyl (C=O) groups is 2. The average Bonchev–Trinajstić information content (AvgIpc) is 3.40. The van der Waals surface area contributed by atoms with Gasteiger partial charge in [-0.1, -0.05) is 0 Å². The van der Waals surface area contributed by atoms with Crippen molar-refractivity contribution in [2.24, 2.45) is 0 Å². The van der Waals surface area contributed by atoms with Gasteiger partial charge in [-0.15, -0.1) is 0 Å². The van der Waals surface area contributed by atoms with E-state index in [4.69, 9.17) is 9.15 Å². The van der Waals surface area contributed by atoms with Crippen LogP contribution in [0.4, 0.5) is 8.78 Å². The highest BCUT2D eigenvalue weighted by atomic mass is 19.1. The number of halogens is 2. The lowest BCUT2D eigenvalue weighted by Crippen LogP contribution is -2.58. The molecule has 1 fully saturated rings.